The fourth-order valence-electron chi connectivity index (χ4n) is 9.79. The number of benzene rings is 10. The average molecular weight is 801 g/mol. The van der Waals surface area contributed by atoms with Crippen LogP contribution >= 0.6 is 0 Å². The second-order valence-corrected chi connectivity index (χ2v) is 16.3. The number of para-hydroxylation sites is 2. The summed E-state index contributed by atoms with van der Waals surface area (Å²) in [6, 6.07) is 77.9. The Balaban J connectivity index is 0.965. The lowest BCUT2D eigenvalue weighted by molar-refractivity contribution is 1.18. The van der Waals surface area contributed by atoms with Gasteiger partial charge in [-0.1, -0.05) is 170 Å². The van der Waals surface area contributed by atoms with Gasteiger partial charge in [0, 0.05) is 49.3 Å². The van der Waals surface area contributed by atoms with Gasteiger partial charge in [0.05, 0.1) is 33.5 Å². The van der Waals surface area contributed by atoms with Crippen molar-refractivity contribution >= 4 is 75.9 Å². The number of hydrogen-bond donors (Lipinski definition) is 0. The zero-order valence-corrected chi connectivity index (χ0v) is 34.1. The van der Waals surface area contributed by atoms with E-state index in [1.807, 2.05) is 0 Å². The fourth-order valence-corrected chi connectivity index (χ4v) is 9.79. The molecule has 0 aliphatic heterocycles. The molecule has 0 aliphatic carbocycles. The molecule has 0 unspecified atom stereocenters. The van der Waals surface area contributed by atoms with Gasteiger partial charge in [0.2, 0.25) is 0 Å². The van der Waals surface area contributed by atoms with Crippen molar-refractivity contribution in [1.29, 1.82) is 0 Å². The normalized spacial score (nSPS) is 11.8. The third-order valence-electron chi connectivity index (χ3n) is 12.8. The Kier molecular flexibility index (Phi) is 7.87. The zero-order chi connectivity index (χ0) is 41.4. The molecular formula is C59H36N4. The average Bonchev–Trinajstić information content (AvgIpc) is 3.68. The van der Waals surface area contributed by atoms with E-state index in [9.17, 15) is 0 Å². The minimum absolute atomic E-state index is 0.704. The van der Waals surface area contributed by atoms with Crippen molar-refractivity contribution in [3.63, 3.8) is 0 Å². The van der Waals surface area contributed by atoms with Gasteiger partial charge in [-0.2, -0.15) is 0 Å². The summed E-state index contributed by atoms with van der Waals surface area (Å²) >= 11 is 0. The largest absolute Gasteiger partial charge is 0.309 e. The minimum Gasteiger partial charge on any atom is -0.309 e. The van der Waals surface area contributed by atoms with Crippen LogP contribution in [0.1, 0.15) is 0 Å². The molecule has 0 radical (unpaired) electrons. The first-order valence-electron chi connectivity index (χ1n) is 21.4. The lowest BCUT2D eigenvalue weighted by atomic mass is 9.94. The summed E-state index contributed by atoms with van der Waals surface area (Å²) in [5.74, 6) is 0.704. The molecule has 0 fully saturated rings. The molecule has 4 nitrogen and oxygen atoms in total. The maximum atomic E-state index is 5.38. The number of pyridine rings is 1. The summed E-state index contributed by atoms with van der Waals surface area (Å²) in [5.41, 5.74) is 12.7. The third-order valence-corrected chi connectivity index (χ3v) is 12.8. The summed E-state index contributed by atoms with van der Waals surface area (Å²) in [4.78, 5) is 15.9. The van der Waals surface area contributed by atoms with Crippen molar-refractivity contribution in [3.05, 3.63) is 218 Å². The van der Waals surface area contributed by atoms with Crippen molar-refractivity contribution < 1.29 is 0 Å². The van der Waals surface area contributed by atoms with Crippen molar-refractivity contribution in [2.75, 3.05) is 0 Å². The molecule has 13 aromatic rings. The van der Waals surface area contributed by atoms with E-state index in [2.05, 4.69) is 223 Å². The Hall–Kier alpha value is -8.47. The Bertz CT molecular complexity index is 3950. The lowest BCUT2D eigenvalue weighted by Crippen LogP contribution is -1.96. The van der Waals surface area contributed by atoms with Crippen molar-refractivity contribution in [3.8, 4) is 50.7 Å². The van der Waals surface area contributed by atoms with E-state index in [1.54, 1.807) is 0 Å². The topological polar surface area (TPSA) is 43.6 Å². The fraction of sp³-hybridized carbons (Fsp3) is 0. The predicted octanol–water partition coefficient (Wildman–Crippen LogP) is 15.4. The number of rotatable bonds is 5. The second kappa shape index (κ2) is 14.1. The highest BCUT2D eigenvalue weighted by Gasteiger charge is 2.19. The van der Waals surface area contributed by atoms with E-state index in [1.165, 1.54) is 37.7 Å². The van der Waals surface area contributed by atoms with Gasteiger partial charge in [0.25, 0.3) is 0 Å². The first kappa shape index (κ1) is 35.3. The van der Waals surface area contributed by atoms with Gasteiger partial charge in [-0.3, -0.25) is 0 Å². The number of aromatic nitrogens is 4. The van der Waals surface area contributed by atoms with E-state index in [0.29, 0.717) is 5.82 Å². The Labute approximate surface area is 363 Å². The smallest absolute Gasteiger partial charge is 0.160 e. The van der Waals surface area contributed by atoms with Gasteiger partial charge >= 0.3 is 0 Å². The van der Waals surface area contributed by atoms with Crippen LogP contribution in [0, 0.1) is 0 Å². The summed E-state index contributed by atoms with van der Waals surface area (Å²) in [6.45, 7) is 0. The van der Waals surface area contributed by atoms with Crippen LogP contribution in [0.5, 0.6) is 0 Å². The minimum atomic E-state index is 0.704. The van der Waals surface area contributed by atoms with Gasteiger partial charge in [0.1, 0.15) is 0 Å². The monoisotopic (exact) mass is 800 g/mol. The van der Waals surface area contributed by atoms with Crippen molar-refractivity contribution in [1.82, 2.24) is 19.5 Å². The van der Waals surface area contributed by atoms with Crippen LogP contribution < -0.4 is 0 Å². The first-order valence-corrected chi connectivity index (χ1v) is 21.4. The van der Waals surface area contributed by atoms with Crippen molar-refractivity contribution in [2.24, 2.45) is 0 Å². The lowest BCUT2D eigenvalue weighted by Gasteiger charge is -2.14. The quantitative estimate of drug-likeness (QED) is 0.163. The number of nitrogens with zero attached hydrogens (tertiary/aromatic N) is 4. The van der Waals surface area contributed by atoms with Gasteiger partial charge < -0.3 is 4.57 Å². The molecule has 3 aromatic heterocycles. The van der Waals surface area contributed by atoms with Gasteiger partial charge in [0.15, 0.2) is 5.82 Å². The van der Waals surface area contributed by atoms with Crippen LogP contribution in [0.25, 0.3) is 127 Å². The van der Waals surface area contributed by atoms with E-state index in [4.69, 9.17) is 15.0 Å². The van der Waals surface area contributed by atoms with E-state index < -0.39 is 0 Å². The molecular weight excluding hydrogens is 765 g/mol. The molecule has 10 aromatic carbocycles. The maximum absolute atomic E-state index is 5.38. The van der Waals surface area contributed by atoms with Crippen molar-refractivity contribution in [2.45, 2.75) is 0 Å². The highest BCUT2D eigenvalue weighted by atomic mass is 15.0. The molecule has 0 bridgehead atoms. The highest BCUT2D eigenvalue weighted by molar-refractivity contribution is 6.20. The standard InChI is InChI=1S/C59H36N4/c1-3-15-38(16-4-1)57-47-24-12-11-23-46(47)49-36-56-51(35-54(49)60-57)50-33-40(31-32-55(50)63(56)42-18-5-2-6-19-42)37-27-29-39(30-28-37)59-61-53-26-14-13-25-48(53)58(62-59)52-34-41-17-7-8-20-43(41)44-21-9-10-22-45(44)52/h1-36H. The zero-order valence-electron chi connectivity index (χ0n) is 34.1. The molecule has 0 saturated heterocycles. The summed E-state index contributed by atoms with van der Waals surface area (Å²) < 4.78 is 2.39. The SMILES string of the molecule is c1ccc(-c2nc3cc4c5cc(-c6ccc(-c7nc(-c8cc9ccccc9c9ccccc89)c8ccccc8n7)cc6)ccc5n(-c5ccccc5)c4cc3c3ccccc23)cc1. The van der Waals surface area contributed by atoms with E-state index >= 15 is 0 Å². The van der Waals surface area contributed by atoms with Crippen LogP contribution in [0.2, 0.25) is 0 Å². The molecule has 0 atom stereocenters. The molecule has 292 valence electrons. The van der Waals surface area contributed by atoms with E-state index in [0.717, 1.165) is 83.1 Å². The third kappa shape index (κ3) is 5.66. The highest BCUT2D eigenvalue weighted by Crippen LogP contribution is 2.41. The number of hydrogen-bond acceptors (Lipinski definition) is 3. The van der Waals surface area contributed by atoms with Crippen LogP contribution in [-0.2, 0) is 0 Å². The van der Waals surface area contributed by atoms with Crippen LogP contribution in [0.3, 0.4) is 0 Å². The summed E-state index contributed by atoms with van der Waals surface area (Å²) in [7, 11) is 0. The molecule has 63 heavy (non-hydrogen) atoms. The Morgan fingerprint density at radius 1 is 0.286 bits per heavy atom. The van der Waals surface area contributed by atoms with E-state index in [-0.39, 0.29) is 0 Å². The van der Waals surface area contributed by atoms with Gasteiger partial charge in [-0.25, -0.2) is 15.0 Å². The Morgan fingerprint density at radius 2 is 0.889 bits per heavy atom. The van der Waals surface area contributed by atoms with Crippen LogP contribution in [0.4, 0.5) is 0 Å². The summed E-state index contributed by atoms with van der Waals surface area (Å²) in [6.07, 6.45) is 0. The molecule has 0 aliphatic rings. The first-order chi connectivity index (χ1) is 31.2. The van der Waals surface area contributed by atoms with Gasteiger partial charge in [-0.15, -0.1) is 0 Å². The van der Waals surface area contributed by atoms with Gasteiger partial charge in [-0.05, 0) is 86.6 Å². The van der Waals surface area contributed by atoms with Crippen LogP contribution in [0.15, 0.2) is 218 Å². The summed E-state index contributed by atoms with van der Waals surface area (Å²) in [5, 5.41) is 11.7. The maximum Gasteiger partial charge on any atom is 0.160 e. The van der Waals surface area contributed by atoms with Crippen LogP contribution in [-0.4, -0.2) is 19.5 Å². The number of fused-ring (bicyclic) bond motifs is 10. The second-order valence-electron chi connectivity index (χ2n) is 16.3. The molecule has 13 rings (SSSR count). The predicted molar refractivity (Wildman–Crippen MR) is 263 cm³/mol. The molecule has 0 spiro atoms. The molecule has 0 saturated carbocycles. The molecule has 0 N–H and O–H groups in total. The molecule has 0 amide bonds. The molecule has 4 heteroatoms. The Morgan fingerprint density at radius 3 is 1.68 bits per heavy atom. The molecule has 3 heterocycles.